The van der Waals surface area contributed by atoms with Gasteiger partial charge in [0.2, 0.25) is 0 Å². The van der Waals surface area contributed by atoms with Crippen LogP contribution in [0.2, 0.25) is 0 Å². The third-order valence-electron chi connectivity index (χ3n) is 16.0. The second kappa shape index (κ2) is 12.5. The van der Waals surface area contributed by atoms with E-state index < -0.39 is 0 Å². The molecule has 0 spiro atoms. The number of aromatic nitrogens is 3. The van der Waals surface area contributed by atoms with Crippen molar-refractivity contribution >= 4 is 44.4 Å². The third kappa shape index (κ3) is 4.87. The summed E-state index contributed by atoms with van der Waals surface area (Å²) in [5.41, 5.74) is 29.8. The van der Waals surface area contributed by atoms with Crippen LogP contribution in [0.3, 0.4) is 0 Å². The minimum atomic E-state index is -0.00402. The minimum absolute atomic E-state index is 0.00402. The van der Waals surface area contributed by atoms with E-state index in [9.17, 15) is 0 Å². The number of nitrogens with one attached hydrogen (secondary N) is 1. The second-order valence-corrected chi connectivity index (χ2v) is 20.2. The lowest BCUT2D eigenvalue weighted by atomic mass is 9.81. The van der Waals surface area contributed by atoms with Crippen LogP contribution in [0.1, 0.15) is 89.9 Å². The maximum absolute atomic E-state index is 3.93. The molecule has 4 aliphatic carbocycles. The Morgan fingerprint density at radius 1 is 0.484 bits per heavy atom. The molecule has 14 rings (SSSR count). The molecular formula is C61H49N3. The highest BCUT2D eigenvalue weighted by molar-refractivity contribution is 6.11. The van der Waals surface area contributed by atoms with Crippen LogP contribution >= 0.6 is 0 Å². The number of benzene rings is 7. The van der Waals surface area contributed by atoms with E-state index in [1.54, 1.807) is 0 Å². The summed E-state index contributed by atoms with van der Waals surface area (Å²) in [6, 6.07) is 51.6. The Balaban J connectivity index is 0.885. The summed E-state index contributed by atoms with van der Waals surface area (Å²) in [7, 11) is 0. The van der Waals surface area contributed by atoms with Gasteiger partial charge in [-0.3, -0.25) is 4.68 Å². The van der Waals surface area contributed by atoms with E-state index in [0.717, 1.165) is 25.7 Å². The zero-order chi connectivity index (χ0) is 42.8. The summed E-state index contributed by atoms with van der Waals surface area (Å²) in [6.45, 7) is 11.6. The maximum Gasteiger partial charge on any atom is 0.0722 e. The van der Waals surface area contributed by atoms with E-state index in [-0.39, 0.29) is 10.8 Å². The molecule has 1 N–H and O–H groups in total. The van der Waals surface area contributed by atoms with Crippen molar-refractivity contribution in [3.8, 4) is 44.5 Å². The lowest BCUT2D eigenvalue weighted by Gasteiger charge is -2.22. The molecule has 0 radical (unpaired) electrons. The van der Waals surface area contributed by atoms with Crippen molar-refractivity contribution in [2.45, 2.75) is 71.1 Å². The maximum atomic E-state index is 3.93. The zero-order valence-corrected chi connectivity index (χ0v) is 37.2. The van der Waals surface area contributed by atoms with Crippen molar-refractivity contribution in [1.82, 2.24) is 14.3 Å². The molecule has 3 heteroatoms. The molecule has 0 saturated heterocycles. The average Bonchev–Trinajstić information content (AvgIpc) is 4.09. The molecule has 0 atom stereocenters. The lowest BCUT2D eigenvalue weighted by molar-refractivity contribution is 0.660. The quantitative estimate of drug-likeness (QED) is 0.184. The fraction of sp³-hybridized carbons (Fsp3) is 0.180. The Labute approximate surface area is 374 Å². The van der Waals surface area contributed by atoms with Crippen molar-refractivity contribution in [3.63, 3.8) is 0 Å². The van der Waals surface area contributed by atoms with Crippen molar-refractivity contribution in [2.75, 3.05) is 0 Å². The molecule has 3 aromatic heterocycles. The van der Waals surface area contributed by atoms with Gasteiger partial charge in [0.05, 0.1) is 11.0 Å². The van der Waals surface area contributed by atoms with Gasteiger partial charge in [-0.15, -0.1) is 0 Å². The Hall–Kier alpha value is -7.10. The molecule has 308 valence electrons. The number of H-pyrrole nitrogens is 1. The molecule has 4 aliphatic rings. The number of allylic oxidation sites excluding steroid dienone is 1. The molecule has 10 aromatic rings. The van der Waals surface area contributed by atoms with Crippen molar-refractivity contribution in [2.24, 2.45) is 0 Å². The average molecular weight is 824 g/mol. The zero-order valence-electron chi connectivity index (χ0n) is 37.2. The molecular weight excluding hydrogens is 775 g/mol. The highest BCUT2D eigenvalue weighted by atomic mass is 15.4. The van der Waals surface area contributed by atoms with E-state index in [4.69, 9.17) is 0 Å². The molecule has 7 aromatic carbocycles. The first-order valence-electron chi connectivity index (χ1n) is 23.2. The predicted octanol–water partition coefficient (Wildman–Crippen LogP) is 15.2. The Morgan fingerprint density at radius 2 is 1.08 bits per heavy atom. The van der Waals surface area contributed by atoms with Gasteiger partial charge in [-0.2, -0.15) is 0 Å². The molecule has 3 nitrogen and oxygen atoms in total. The van der Waals surface area contributed by atoms with E-state index in [2.05, 4.69) is 201 Å². The Kier molecular flexibility index (Phi) is 7.13. The van der Waals surface area contributed by atoms with Crippen LogP contribution in [0.25, 0.3) is 88.9 Å². The SMILES string of the molecule is Cc1ccn(-n2c3ccc(-c4ccc5c(c4)-c4ccccc4C5(C)C)cc3c3cc4c(cc32)-c2cc3[nH]c5c(c3cc2CC4)C=C(c2ccc3c(c2)-c2ccccc2C3(C)C)CC5)c1. The van der Waals surface area contributed by atoms with Crippen molar-refractivity contribution in [3.05, 3.63) is 202 Å². The number of rotatable bonds is 3. The van der Waals surface area contributed by atoms with Crippen LogP contribution in [-0.2, 0) is 30.1 Å². The summed E-state index contributed by atoms with van der Waals surface area (Å²) in [5, 5.41) is 3.96. The first kappa shape index (κ1) is 36.4. The molecule has 0 aliphatic heterocycles. The fourth-order valence-electron chi connectivity index (χ4n) is 12.6. The van der Waals surface area contributed by atoms with E-state index in [0.29, 0.717) is 0 Å². The molecule has 64 heavy (non-hydrogen) atoms. The molecule has 0 saturated carbocycles. The first-order chi connectivity index (χ1) is 31.1. The summed E-state index contributed by atoms with van der Waals surface area (Å²) in [5.74, 6) is 0. The van der Waals surface area contributed by atoms with Gasteiger partial charge in [0.1, 0.15) is 0 Å². The first-order valence-corrected chi connectivity index (χ1v) is 23.2. The number of nitrogens with zero attached hydrogens (tertiary/aromatic N) is 2. The van der Waals surface area contributed by atoms with Gasteiger partial charge in [-0.1, -0.05) is 107 Å². The van der Waals surface area contributed by atoms with Crippen LogP contribution in [0, 0.1) is 6.92 Å². The van der Waals surface area contributed by atoms with Gasteiger partial charge >= 0.3 is 0 Å². The molecule has 3 heterocycles. The summed E-state index contributed by atoms with van der Waals surface area (Å²) in [4.78, 5) is 3.93. The number of hydrogen-bond acceptors (Lipinski definition) is 0. The molecule has 0 amide bonds. The van der Waals surface area contributed by atoms with E-state index in [1.807, 2.05) is 0 Å². The normalized spacial score (nSPS) is 16.0. The molecule has 0 fully saturated rings. The van der Waals surface area contributed by atoms with Crippen LogP contribution < -0.4 is 0 Å². The monoisotopic (exact) mass is 823 g/mol. The smallest absolute Gasteiger partial charge is 0.0722 e. The van der Waals surface area contributed by atoms with E-state index in [1.165, 1.54) is 139 Å². The van der Waals surface area contributed by atoms with Crippen LogP contribution in [0.4, 0.5) is 0 Å². The number of fused-ring (bicyclic) bond motifs is 15. The largest absolute Gasteiger partial charge is 0.358 e. The minimum Gasteiger partial charge on any atom is -0.358 e. The van der Waals surface area contributed by atoms with Crippen molar-refractivity contribution in [1.29, 1.82) is 0 Å². The predicted molar refractivity (Wildman–Crippen MR) is 267 cm³/mol. The second-order valence-electron chi connectivity index (χ2n) is 20.2. The summed E-state index contributed by atoms with van der Waals surface area (Å²) in [6.07, 6.45) is 11.1. The number of aromatic amines is 1. The highest BCUT2D eigenvalue weighted by Gasteiger charge is 2.37. The Morgan fingerprint density at radius 3 is 1.78 bits per heavy atom. The van der Waals surface area contributed by atoms with Gasteiger partial charge < -0.3 is 4.98 Å². The number of aryl methyl sites for hydroxylation is 4. The molecule has 0 bridgehead atoms. The molecule has 0 unspecified atom stereocenters. The van der Waals surface area contributed by atoms with Gasteiger partial charge in [-0.25, -0.2) is 4.68 Å². The topological polar surface area (TPSA) is 25.6 Å². The van der Waals surface area contributed by atoms with Crippen LogP contribution in [-0.4, -0.2) is 14.3 Å². The highest BCUT2D eigenvalue weighted by Crippen LogP contribution is 2.52. The standard InChI is InChI=1S/C61H49N3/c1-35-24-25-63(34-35)64-58-23-19-39(37-17-21-55-47(27-37)43-11-7-9-13-53(43)61(55,4)5)29-50(58)51-31-41-15-14-40-30-49-48-28-38(18-22-56(48)62-57(49)32-44(40)45(41)33-59(51)64)36-16-20-54-46(26-36)42-10-6-8-12-52(42)60(54,2)3/h6-13,16-17,19-21,23-34,62H,14-15,18,22H2,1-5H3. The van der Waals surface area contributed by atoms with Gasteiger partial charge in [0.25, 0.3) is 0 Å². The Bertz CT molecular complexity index is 3740. The fourth-order valence-corrected chi connectivity index (χ4v) is 12.6. The van der Waals surface area contributed by atoms with Gasteiger partial charge in [-0.05, 0) is 188 Å². The number of hydrogen-bond donors (Lipinski definition) is 1. The lowest BCUT2D eigenvalue weighted by Crippen LogP contribution is -2.14. The summed E-state index contributed by atoms with van der Waals surface area (Å²) < 4.78 is 4.70. The van der Waals surface area contributed by atoms with Gasteiger partial charge in [0.15, 0.2) is 0 Å². The third-order valence-corrected chi connectivity index (χ3v) is 16.0. The van der Waals surface area contributed by atoms with Crippen LogP contribution in [0.15, 0.2) is 146 Å². The van der Waals surface area contributed by atoms with Crippen LogP contribution in [0.5, 0.6) is 0 Å². The summed E-state index contributed by atoms with van der Waals surface area (Å²) >= 11 is 0. The van der Waals surface area contributed by atoms with Crippen molar-refractivity contribution < 1.29 is 0 Å². The van der Waals surface area contributed by atoms with E-state index >= 15 is 0 Å². The van der Waals surface area contributed by atoms with Gasteiger partial charge in [0, 0.05) is 56.2 Å².